The molecule has 5 heteroatoms. The van der Waals surface area contributed by atoms with E-state index in [0.717, 1.165) is 29.5 Å². The van der Waals surface area contributed by atoms with Crippen molar-refractivity contribution in [1.29, 1.82) is 0 Å². The minimum atomic E-state index is 0.697. The molecule has 2 rings (SSSR count). The van der Waals surface area contributed by atoms with Gasteiger partial charge >= 0.3 is 0 Å². The van der Waals surface area contributed by atoms with Crippen LogP contribution >= 0.6 is 11.3 Å². The normalized spacial score (nSPS) is 10.7. The molecule has 1 N–H and O–H groups in total. The maximum atomic E-state index is 5.70. The summed E-state index contributed by atoms with van der Waals surface area (Å²) in [6, 6.07) is 8.02. The van der Waals surface area contributed by atoms with Gasteiger partial charge in [0, 0.05) is 29.9 Å². The molecule has 19 heavy (non-hydrogen) atoms. The van der Waals surface area contributed by atoms with E-state index >= 15 is 0 Å². The lowest BCUT2D eigenvalue weighted by atomic mass is 10.3. The summed E-state index contributed by atoms with van der Waals surface area (Å²) in [7, 11) is 4.07. The molecule has 0 amide bonds. The van der Waals surface area contributed by atoms with E-state index < -0.39 is 0 Å². The fraction of sp³-hybridized carbons (Fsp3) is 0.357. The smallest absolute Gasteiger partial charge is 0.121 e. The highest BCUT2D eigenvalue weighted by atomic mass is 32.1. The average molecular weight is 277 g/mol. The van der Waals surface area contributed by atoms with E-state index in [2.05, 4.69) is 15.2 Å². The fourth-order valence-electron chi connectivity index (χ4n) is 1.56. The Bertz CT molecular complexity index is 485. The third-order valence-corrected chi connectivity index (χ3v) is 3.35. The van der Waals surface area contributed by atoms with Crippen LogP contribution in [0.25, 0.3) is 0 Å². The zero-order chi connectivity index (χ0) is 13.5. The Labute approximate surface area is 118 Å². The van der Waals surface area contributed by atoms with Crippen molar-refractivity contribution in [2.75, 3.05) is 32.6 Å². The largest absolute Gasteiger partial charge is 0.492 e. The summed E-state index contributed by atoms with van der Waals surface area (Å²) in [5.74, 6) is 0.894. The Hall–Kier alpha value is -1.59. The first-order valence-corrected chi connectivity index (χ1v) is 7.12. The zero-order valence-electron chi connectivity index (χ0n) is 11.3. The van der Waals surface area contributed by atoms with E-state index in [0.29, 0.717) is 6.61 Å². The summed E-state index contributed by atoms with van der Waals surface area (Å²) < 4.78 is 5.70. The lowest BCUT2D eigenvalue weighted by molar-refractivity contribution is 0.261. The number of benzene rings is 1. The standard InChI is InChI=1S/C14H19N3OS/c1-17(2)7-8-18-13-5-3-4-12(10-13)16-11-14-15-6-9-19-14/h3-6,9-10,16H,7-8,11H2,1-2H3. The van der Waals surface area contributed by atoms with Crippen molar-refractivity contribution in [3.63, 3.8) is 0 Å². The number of anilines is 1. The van der Waals surface area contributed by atoms with E-state index in [1.165, 1.54) is 0 Å². The van der Waals surface area contributed by atoms with Gasteiger partial charge in [-0.3, -0.25) is 0 Å². The highest BCUT2D eigenvalue weighted by molar-refractivity contribution is 7.09. The van der Waals surface area contributed by atoms with Gasteiger partial charge in [0.25, 0.3) is 0 Å². The number of aromatic nitrogens is 1. The maximum Gasteiger partial charge on any atom is 0.121 e. The van der Waals surface area contributed by atoms with Crippen LogP contribution in [0, 0.1) is 0 Å². The minimum Gasteiger partial charge on any atom is -0.492 e. The van der Waals surface area contributed by atoms with E-state index in [-0.39, 0.29) is 0 Å². The number of nitrogens with one attached hydrogen (secondary N) is 1. The molecule has 0 atom stereocenters. The summed E-state index contributed by atoms with van der Waals surface area (Å²) in [5, 5.41) is 6.41. The molecule has 0 saturated carbocycles. The van der Waals surface area contributed by atoms with Gasteiger partial charge in [-0.05, 0) is 26.2 Å². The highest BCUT2D eigenvalue weighted by Crippen LogP contribution is 2.18. The molecule has 1 aromatic heterocycles. The predicted octanol–water partition coefficient (Wildman–Crippen LogP) is 2.70. The van der Waals surface area contributed by atoms with Crippen molar-refractivity contribution in [3.8, 4) is 5.75 Å². The molecular formula is C14H19N3OS. The van der Waals surface area contributed by atoms with Crippen LogP contribution in [-0.2, 0) is 6.54 Å². The van der Waals surface area contributed by atoms with E-state index in [4.69, 9.17) is 4.74 Å². The van der Waals surface area contributed by atoms with Crippen molar-refractivity contribution in [2.24, 2.45) is 0 Å². The molecule has 0 saturated heterocycles. The van der Waals surface area contributed by atoms with Crippen LogP contribution in [0.15, 0.2) is 35.8 Å². The van der Waals surface area contributed by atoms with Crippen molar-refractivity contribution in [3.05, 3.63) is 40.8 Å². The molecule has 0 radical (unpaired) electrons. The van der Waals surface area contributed by atoms with Crippen LogP contribution in [0.5, 0.6) is 5.75 Å². The van der Waals surface area contributed by atoms with Gasteiger partial charge in [0.15, 0.2) is 0 Å². The molecule has 102 valence electrons. The quantitative estimate of drug-likeness (QED) is 0.844. The molecule has 1 heterocycles. The Morgan fingerprint density at radius 3 is 3.00 bits per heavy atom. The first-order chi connectivity index (χ1) is 9.24. The van der Waals surface area contributed by atoms with E-state index in [9.17, 15) is 0 Å². The van der Waals surface area contributed by atoms with Crippen LogP contribution in [0.1, 0.15) is 5.01 Å². The van der Waals surface area contributed by atoms with Gasteiger partial charge in [0.05, 0.1) is 6.54 Å². The van der Waals surface area contributed by atoms with E-state index in [1.807, 2.05) is 49.9 Å². The number of likely N-dealkylation sites (N-methyl/N-ethyl adjacent to an activating group) is 1. The van der Waals surface area contributed by atoms with Crippen LogP contribution < -0.4 is 10.1 Å². The number of thiazole rings is 1. The van der Waals surface area contributed by atoms with Crippen LogP contribution in [0.4, 0.5) is 5.69 Å². The Kier molecular flexibility index (Phi) is 5.18. The van der Waals surface area contributed by atoms with Gasteiger partial charge in [0.1, 0.15) is 17.4 Å². The van der Waals surface area contributed by atoms with Gasteiger partial charge in [-0.15, -0.1) is 11.3 Å². The fourth-order valence-corrected chi connectivity index (χ4v) is 2.12. The van der Waals surface area contributed by atoms with Crippen molar-refractivity contribution < 1.29 is 4.74 Å². The van der Waals surface area contributed by atoms with Crippen molar-refractivity contribution in [1.82, 2.24) is 9.88 Å². The lowest BCUT2D eigenvalue weighted by Gasteiger charge is -2.12. The number of hydrogen-bond acceptors (Lipinski definition) is 5. The number of ether oxygens (including phenoxy) is 1. The minimum absolute atomic E-state index is 0.697. The third kappa shape index (κ3) is 4.89. The number of hydrogen-bond donors (Lipinski definition) is 1. The average Bonchev–Trinajstić information content (AvgIpc) is 2.89. The molecule has 0 unspecified atom stereocenters. The molecule has 4 nitrogen and oxygen atoms in total. The van der Waals surface area contributed by atoms with Gasteiger partial charge in [-0.1, -0.05) is 6.07 Å². The molecule has 0 spiro atoms. The first kappa shape index (κ1) is 13.8. The summed E-state index contributed by atoms with van der Waals surface area (Å²) in [5.41, 5.74) is 1.05. The Balaban J connectivity index is 1.84. The SMILES string of the molecule is CN(C)CCOc1cccc(NCc2nccs2)c1. The Morgan fingerprint density at radius 1 is 1.37 bits per heavy atom. The van der Waals surface area contributed by atoms with Gasteiger partial charge < -0.3 is 15.0 Å². The number of nitrogens with zero attached hydrogens (tertiary/aromatic N) is 2. The molecule has 0 aliphatic rings. The van der Waals surface area contributed by atoms with Crippen LogP contribution in [0.3, 0.4) is 0 Å². The molecule has 0 aliphatic carbocycles. The van der Waals surface area contributed by atoms with Crippen molar-refractivity contribution in [2.45, 2.75) is 6.54 Å². The molecule has 0 bridgehead atoms. The topological polar surface area (TPSA) is 37.4 Å². The second-order valence-electron chi connectivity index (χ2n) is 4.46. The third-order valence-electron chi connectivity index (χ3n) is 2.57. The molecule has 0 aliphatic heterocycles. The predicted molar refractivity (Wildman–Crippen MR) is 79.9 cm³/mol. The highest BCUT2D eigenvalue weighted by Gasteiger charge is 1.99. The zero-order valence-corrected chi connectivity index (χ0v) is 12.1. The monoisotopic (exact) mass is 277 g/mol. The molecule has 2 aromatic rings. The molecular weight excluding hydrogens is 258 g/mol. The lowest BCUT2D eigenvalue weighted by Crippen LogP contribution is -2.19. The first-order valence-electron chi connectivity index (χ1n) is 6.24. The van der Waals surface area contributed by atoms with Gasteiger partial charge in [-0.25, -0.2) is 4.98 Å². The van der Waals surface area contributed by atoms with Crippen LogP contribution in [-0.4, -0.2) is 37.1 Å². The summed E-state index contributed by atoms with van der Waals surface area (Å²) in [6.07, 6.45) is 1.82. The van der Waals surface area contributed by atoms with Gasteiger partial charge in [0.2, 0.25) is 0 Å². The van der Waals surface area contributed by atoms with Gasteiger partial charge in [-0.2, -0.15) is 0 Å². The molecule has 1 aromatic carbocycles. The van der Waals surface area contributed by atoms with E-state index in [1.54, 1.807) is 11.3 Å². The van der Waals surface area contributed by atoms with Crippen molar-refractivity contribution >= 4 is 17.0 Å². The second-order valence-corrected chi connectivity index (χ2v) is 5.44. The molecule has 0 fully saturated rings. The second kappa shape index (κ2) is 7.11. The number of rotatable bonds is 7. The summed E-state index contributed by atoms with van der Waals surface area (Å²) in [6.45, 7) is 2.36. The summed E-state index contributed by atoms with van der Waals surface area (Å²) >= 11 is 1.65. The van der Waals surface area contributed by atoms with Crippen LogP contribution in [0.2, 0.25) is 0 Å². The maximum absolute atomic E-state index is 5.70. The summed E-state index contributed by atoms with van der Waals surface area (Å²) in [4.78, 5) is 6.34. The Morgan fingerprint density at radius 2 is 2.26 bits per heavy atom.